The van der Waals surface area contributed by atoms with Gasteiger partial charge < -0.3 is 9.32 Å². The van der Waals surface area contributed by atoms with Crippen molar-refractivity contribution in [2.24, 2.45) is 0 Å². The molecule has 0 radical (unpaired) electrons. The van der Waals surface area contributed by atoms with Crippen LogP contribution in [0.25, 0.3) is 17.1 Å². The molecular formula is C17H13ClF2N4O2. The maximum absolute atomic E-state index is 13.7. The highest BCUT2D eigenvalue weighted by molar-refractivity contribution is 6.30. The van der Waals surface area contributed by atoms with Crippen LogP contribution in [0, 0.1) is 5.82 Å². The fraction of sp³-hybridized carbons (Fsp3) is 0.235. The molecule has 134 valence electrons. The van der Waals surface area contributed by atoms with E-state index in [2.05, 4.69) is 9.97 Å². The van der Waals surface area contributed by atoms with E-state index >= 15 is 0 Å². The van der Waals surface area contributed by atoms with Crippen molar-refractivity contribution in [3.05, 3.63) is 58.2 Å². The summed E-state index contributed by atoms with van der Waals surface area (Å²) in [5, 5.41) is -0.0209. The summed E-state index contributed by atoms with van der Waals surface area (Å²) in [5.74, 6) is 0.163. The largest absolute Gasteiger partial charge is 0.441 e. The molecular weight excluding hydrogens is 366 g/mol. The van der Waals surface area contributed by atoms with E-state index in [1.54, 1.807) is 17.0 Å². The van der Waals surface area contributed by atoms with Crippen molar-refractivity contribution in [1.29, 1.82) is 0 Å². The Kier molecular flexibility index (Phi) is 3.80. The molecule has 0 bridgehead atoms. The summed E-state index contributed by atoms with van der Waals surface area (Å²) in [5.41, 5.74) is -1.49. The molecule has 9 heteroatoms. The van der Waals surface area contributed by atoms with Gasteiger partial charge in [0.15, 0.2) is 18.0 Å². The van der Waals surface area contributed by atoms with Gasteiger partial charge in [0.1, 0.15) is 17.3 Å². The SMILES string of the molecule is CC1(F)CN(c2ccn(-c3ncoc3-c3ccc(Cl)c(F)c3)c(=O)n2)C1. The molecule has 0 amide bonds. The summed E-state index contributed by atoms with van der Waals surface area (Å²) >= 11 is 5.69. The van der Waals surface area contributed by atoms with Gasteiger partial charge in [-0.05, 0) is 31.2 Å². The first-order chi connectivity index (χ1) is 12.3. The molecule has 3 heterocycles. The van der Waals surface area contributed by atoms with Crippen LogP contribution in [0.15, 0.2) is 46.1 Å². The van der Waals surface area contributed by atoms with E-state index in [4.69, 9.17) is 16.0 Å². The monoisotopic (exact) mass is 378 g/mol. The average molecular weight is 379 g/mol. The summed E-state index contributed by atoms with van der Waals surface area (Å²) < 4.78 is 33.9. The second-order valence-corrected chi connectivity index (χ2v) is 6.75. The molecule has 3 aromatic rings. The van der Waals surface area contributed by atoms with Crippen LogP contribution in [0.1, 0.15) is 6.92 Å². The van der Waals surface area contributed by atoms with Crippen LogP contribution in [0.2, 0.25) is 5.02 Å². The highest BCUT2D eigenvalue weighted by Crippen LogP contribution is 2.30. The van der Waals surface area contributed by atoms with Crippen molar-refractivity contribution >= 4 is 17.4 Å². The molecule has 1 aliphatic rings. The molecule has 1 aromatic carbocycles. The van der Waals surface area contributed by atoms with Gasteiger partial charge in [-0.2, -0.15) is 9.97 Å². The molecule has 6 nitrogen and oxygen atoms in total. The summed E-state index contributed by atoms with van der Waals surface area (Å²) in [4.78, 5) is 22.1. The maximum Gasteiger partial charge on any atom is 0.355 e. The van der Waals surface area contributed by atoms with E-state index < -0.39 is 17.2 Å². The fourth-order valence-corrected chi connectivity index (χ4v) is 3.01. The third-order valence-electron chi connectivity index (χ3n) is 4.11. The van der Waals surface area contributed by atoms with Gasteiger partial charge >= 0.3 is 5.69 Å². The average Bonchev–Trinajstić information content (AvgIpc) is 3.04. The number of hydrogen-bond donors (Lipinski definition) is 0. The summed E-state index contributed by atoms with van der Waals surface area (Å²) in [6.07, 6.45) is 2.63. The molecule has 0 unspecified atom stereocenters. The summed E-state index contributed by atoms with van der Waals surface area (Å²) in [6.45, 7) is 1.86. The Morgan fingerprint density at radius 1 is 1.31 bits per heavy atom. The van der Waals surface area contributed by atoms with E-state index in [1.165, 1.54) is 29.8 Å². The van der Waals surface area contributed by atoms with Crippen molar-refractivity contribution in [3.8, 4) is 17.1 Å². The van der Waals surface area contributed by atoms with Gasteiger partial charge in [0.05, 0.1) is 18.1 Å². The molecule has 1 fully saturated rings. The minimum atomic E-state index is -1.27. The smallest absolute Gasteiger partial charge is 0.355 e. The molecule has 1 saturated heterocycles. The number of anilines is 1. The van der Waals surface area contributed by atoms with Crippen LogP contribution in [0.3, 0.4) is 0 Å². The summed E-state index contributed by atoms with van der Waals surface area (Å²) in [7, 11) is 0. The highest BCUT2D eigenvalue weighted by atomic mass is 35.5. The highest BCUT2D eigenvalue weighted by Gasteiger charge is 2.39. The lowest BCUT2D eigenvalue weighted by Gasteiger charge is -2.42. The van der Waals surface area contributed by atoms with Gasteiger partial charge in [0, 0.05) is 11.8 Å². The molecule has 0 aliphatic carbocycles. The normalized spacial score (nSPS) is 15.8. The Balaban J connectivity index is 1.70. The quantitative estimate of drug-likeness (QED) is 0.700. The van der Waals surface area contributed by atoms with E-state index in [1.807, 2.05) is 0 Å². The van der Waals surface area contributed by atoms with E-state index in [-0.39, 0.29) is 29.7 Å². The van der Waals surface area contributed by atoms with Crippen molar-refractivity contribution in [2.75, 3.05) is 18.0 Å². The molecule has 26 heavy (non-hydrogen) atoms. The Bertz CT molecular complexity index is 1040. The number of nitrogens with zero attached hydrogens (tertiary/aromatic N) is 4. The predicted octanol–water partition coefficient (Wildman–Crippen LogP) is 3.23. The third kappa shape index (κ3) is 2.86. The zero-order valence-corrected chi connectivity index (χ0v) is 14.4. The van der Waals surface area contributed by atoms with Crippen molar-refractivity contribution in [3.63, 3.8) is 0 Å². The molecule has 0 atom stereocenters. The number of alkyl halides is 1. The number of hydrogen-bond acceptors (Lipinski definition) is 5. The third-order valence-corrected chi connectivity index (χ3v) is 4.42. The van der Waals surface area contributed by atoms with Crippen molar-refractivity contribution in [1.82, 2.24) is 14.5 Å². The van der Waals surface area contributed by atoms with Crippen LogP contribution >= 0.6 is 11.6 Å². The van der Waals surface area contributed by atoms with Crippen LogP contribution < -0.4 is 10.6 Å². The fourth-order valence-electron chi connectivity index (χ4n) is 2.89. The first-order valence-electron chi connectivity index (χ1n) is 7.77. The predicted molar refractivity (Wildman–Crippen MR) is 92.0 cm³/mol. The van der Waals surface area contributed by atoms with Crippen LogP contribution in [-0.2, 0) is 0 Å². The van der Waals surface area contributed by atoms with Crippen LogP contribution in [0.4, 0.5) is 14.6 Å². The second-order valence-electron chi connectivity index (χ2n) is 6.34. The van der Waals surface area contributed by atoms with Gasteiger partial charge in [-0.15, -0.1) is 0 Å². The lowest BCUT2D eigenvalue weighted by Crippen LogP contribution is -2.57. The van der Waals surface area contributed by atoms with Gasteiger partial charge in [0.2, 0.25) is 0 Å². The molecule has 4 rings (SSSR count). The second kappa shape index (κ2) is 5.91. The Morgan fingerprint density at radius 2 is 2.08 bits per heavy atom. The number of aromatic nitrogens is 3. The first-order valence-corrected chi connectivity index (χ1v) is 8.15. The molecule has 0 N–H and O–H groups in total. The van der Waals surface area contributed by atoms with E-state index in [9.17, 15) is 13.6 Å². The maximum atomic E-state index is 13.7. The van der Waals surface area contributed by atoms with E-state index in [0.717, 1.165) is 6.39 Å². The minimum absolute atomic E-state index is 0.0209. The first kappa shape index (κ1) is 16.7. The number of halogens is 3. The standard InChI is InChI=1S/C17H13ClF2N4O2/c1-17(20)7-23(8-17)13-4-5-24(16(25)22-13)15-14(26-9-21-15)10-2-3-11(18)12(19)6-10/h2-6,9H,7-8H2,1H3. The minimum Gasteiger partial charge on any atom is -0.441 e. The van der Waals surface area contributed by atoms with Gasteiger partial charge in [-0.3, -0.25) is 0 Å². The van der Waals surface area contributed by atoms with Crippen molar-refractivity contribution < 1.29 is 13.2 Å². The Hall–Kier alpha value is -2.74. The molecule has 2 aromatic heterocycles. The Morgan fingerprint density at radius 3 is 2.73 bits per heavy atom. The van der Waals surface area contributed by atoms with Gasteiger partial charge in [0.25, 0.3) is 0 Å². The molecule has 1 aliphatic heterocycles. The summed E-state index contributed by atoms with van der Waals surface area (Å²) in [6, 6.07) is 5.74. The zero-order chi connectivity index (χ0) is 18.5. The number of benzene rings is 1. The van der Waals surface area contributed by atoms with Crippen molar-refractivity contribution in [2.45, 2.75) is 12.6 Å². The van der Waals surface area contributed by atoms with E-state index in [0.29, 0.717) is 11.4 Å². The Labute approximate surface area is 151 Å². The van der Waals surface area contributed by atoms with Crippen LogP contribution in [0.5, 0.6) is 0 Å². The number of oxazole rings is 1. The molecule has 0 saturated carbocycles. The molecule has 0 spiro atoms. The number of rotatable bonds is 3. The van der Waals surface area contributed by atoms with Gasteiger partial charge in [-0.25, -0.2) is 18.1 Å². The topological polar surface area (TPSA) is 64.2 Å². The zero-order valence-electron chi connectivity index (χ0n) is 13.6. The lowest BCUT2D eigenvalue weighted by molar-refractivity contribution is 0.143. The van der Waals surface area contributed by atoms with Gasteiger partial charge in [-0.1, -0.05) is 11.6 Å². The lowest BCUT2D eigenvalue weighted by atomic mass is 9.99. The van der Waals surface area contributed by atoms with Crippen LogP contribution in [-0.4, -0.2) is 33.3 Å².